The molecule has 0 atom stereocenters. The Hall–Kier alpha value is -3.81. The highest BCUT2D eigenvalue weighted by Crippen LogP contribution is 2.13. The van der Waals surface area contributed by atoms with Crippen molar-refractivity contribution in [2.45, 2.75) is 58.5 Å². The summed E-state index contributed by atoms with van der Waals surface area (Å²) in [7, 11) is 0. The number of amides is 1. The van der Waals surface area contributed by atoms with Crippen LogP contribution >= 0.6 is 0 Å². The molecule has 0 aliphatic heterocycles. The van der Waals surface area contributed by atoms with E-state index >= 15 is 0 Å². The number of aromatic nitrogens is 4. The van der Waals surface area contributed by atoms with Crippen molar-refractivity contribution >= 4 is 22.6 Å². The van der Waals surface area contributed by atoms with Crippen LogP contribution in [0.3, 0.4) is 0 Å². The molecule has 0 aromatic carbocycles. The molecule has 1 amide bonds. The highest BCUT2D eigenvalue weighted by atomic mass is 16.1. The number of aryl methyl sites for hydroxylation is 1. The van der Waals surface area contributed by atoms with Crippen molar-refractivity contribution in [2.24, 2.45) is 0 Å². The van der Waals surface area contributed by atoms with Gasteiger partial charge in [0, 0.05) is 31.7 Å². The van der Waals surface area contributed by atoms with E-state index in [1.165, 1.54) is 29.7 Å². The van der Waals surface area contributed by atoms with Crippen molar-refractivity contribution in [3.05, 3.63) is 82.0 Å². The molecule has 0 radical (unpaired) electrons. The van der Waals surface area contributed by atoms with Crippen LogP contribution in [0.15, 0.2) is 59.8 Å². The lowest BCUT2D eigenvalue weighted by molar-refractivity contribution is 0.0948. The van der Waals surface area contributed by atoms with E-state index in [1.54, 1.807) is 41.4 Å². The third-order valence-corrected chi connectivity index (χ3v) is 5.97. The molecule has 0 saturated heterocycles. The summed E-state index contributed by atoms with van der Waals surface area (Å²) in [5, 5.41) is 12.0. The summed E-state index contributed by atoms with van der Waals surface area (Å²) in [6.07, 6.45) is 11.6. The van der Waals surface area contributed by atoms with Crippen LogP contribution in [-0.2, 0) is 13.1 Å². The van der Waals surface area contributed by atoms with Crippen LogP contribution in [-0.4, -0.2) is 24.8 Å². The fraction of sp³-hybridized carbons (Fsp3) is 0.346. The van der Waals surface area contributed by atoms with Gasteiger partial charge < -0.3 is 9.88 Å². The van der Waals surface area contributed by atoms with Crippen LogP contribution in [0.4, 0.5) is 0 Å². The standard InChI is InChI=1S/C26H30N6O2/c1-2-3-4-5-6-8-15-32-23(27)20(25(33)29-18-19-11-10-13-28-17-19)16-21-24(32)30-22-12-7-9-14-31(22)26(21)34/h7,9-14,16-17,27H,2-6,8,15,18H2,1H3,(H,29,33). The number of unbranched alkanes of at least 4 members (excludes halogenated alkanes) is 5. The van der Waals surface area contributed by atoms with Crippen LogP contribution in [0.25, 0.3) is 16.7 Å². The number of hydrogen-bond donors (Lipinski definition) is 2. The van der Waals surface area contributed by atoms with E-state index in [4.69, 9.17) is 5.41 Å². The number of nitrogens with zero attached hydrogens (tertiary/aromatic N) is 4. The van der Waals surface area contributed by atoms with Crippen molar-refractivity contribution in [2.75, 3.05) is 0 Å². The molecule has 4 heterocycles. The number of carbonyl (C=O) groups excluding carboxylic acids is 1. The number of rotatable bonds is 10. The van der Waals surface area contributed by atoms with Crippen LogP contribution < -0.4 is 16.4 Å². The largest absolute Gasteiger partial charge is 0.348 e. The smallest absolute Gasteiger partial charge is 0.267 e. The van der Waals surface area contributed by atoms with Gasteiger partial charge in [0.15, 0.2) is 0 Å². The molecule has 4 rings (SSSR count). The zero-order chi connectivity index (χ0) is 23.9. The summed E-state index contributed by atoms with van der Waals surface area (Å²) in [6, 6.07) is 10.5. The second-order valence-electron chi connectivity index (χ2n) is 8.45. The van der Waals surface area contributed by atoms with E-state index in [2.05, 4.69) is 22.2 Å². The Bertz CT molecular complexity index is 1410. The Morgan fingerprint density at radius 3 is 2.71 bits per heavy atom. The van der Waals surface area contributed by atoms with Gasteiger partial charge >= 0.3 is 0 Å². The average Bonchev–Trinajstić information content (AvgIpc) is 2.86. The van der Waals surface area contributed by atoms with Gasteiger partial charge in [0.1, 0.15) is 16.8 Å². The van der Waals surface area contributed by atoms with Crippen molar-refractivity contribution < 1.29 is 4.79 Å². The molecule has 4 aromatic rings. The molecule has 0 bridgehead atoms. The van der Waals surface area contributed by atoms with Crippen LogP contribution in [0.5, 0.6) is 0 Å². The molecule has 0 unspecified atom stereocenters. The predicted octanol–water partition coefficient (Wildman–Crippen LogP) is 3.81. The van der Waals surface area contributed by atoms with Gasteiger partial charge in [-0.1, -0.05) is 51.2 Å². The Morgan fingerprint density at radius 2 is 1.91 bits per heavy atom. The summed E-state index contributed by atoms with van der Waals surface area (Å²) < 4.78 is 3.18. The molecule has 8 nitrogen and oxygen atoms in total. The van der Waals surface area contributed by atoms with Gasteiger partial charge in [-0.05, 0) is 36.2 Å². The first-order chi connectivity index (χ1) is 16.6. The first-order valence-electron chi connectivity index (χ1n) is 11.9. The average molecular weight is 459 g/mol. The molecule has 2 N–H and O–H groups in total. The summed E-state index contributed by atoms with van der Waals surface area (Å²) in [5.74, 6) is -0.398. The zero-order valence-electron chi connectivity index (χ0n) is 19.5. The molecule has 0 spiro atoms. The number of hydrogen-bond acceptors (Lipinski definition) is 5. The second kappa shape index (κ2) is 10.9. The lowest BCUT2D eigenvalue weighted by Crippen LogP contribution is -2.34. The minimum atomic E-state index is -0.398. The molecule has 0 fully saturated rings. The van der Waals surface area contributed by atoms with Gasteiger partial charge in [-0.3, -0.25) is 24.4 Å². The third-order valence-electron chi connectivity index (χ3n) is 5.97. The van der Waals surface area contributed by atoms with Crippen molar-refractivity contribution in [3.8, 4) is 0 Å². The number of carbonyl (C=O) groups is 1. The quantitative estimate of drug-likeness (QED) is 0.278. The Balaban J connectivity index is 1.71. The lowest BCUT2D eigenvalue weighted by atomic mass is 10.1. The van der Waals surface area contributed by atoms with Crippen molar-refractivity contribution in [3.63, 3.8) is 0 Å². The topological polar surface area (TPSA) is 105 Å². The Labute approximate surface area is 197 Å². The van der Waals surface area contributed by atoms with E-state index in [0.717, 1.165) is 24.8 Å². The molecule has 0 aliphatic rings. The van der Waals surface area contributed by atoms with Gasteiger partial charge in [-0.25, -0.2) is 4.98 Å². The van der Waals surface area contributed by atoms with Gasteiger partial charge in [0.25, 0.3) is 11.5 Å². The number of pyridine rings is 3. The monoisotopic (exact) mass is 458 g/mol. The minimum Gasteiger partial charge on any atom is -0.348 e. The summed E-state index contributed by atoms with van der Waals surface area (Å²) in [4.78, 5) is 35.1. The highest BCUT2D eigenvalue weighted by molar-refractivity contribution is 5.96. The van der Waals surface area contributed by atoms with Crippen LogP contribution in [0.1, 0.15) is 61.4 Å². The molecule has 176 valence electrons. The maximum Gasteiger partial charge on any atom is 0.267 e. The fourth-order valence-corrected chi connectivity index (χ4v) is 4.11. The Kier molecular flexibility index (Phi) is 7.47. The molecule has 0 aliphatic carbocycles. The van der Waals surface area contributed by atoms with E-state index < -0.39 is 5.91 Å². The van der Waals surface area contributed by atoms with E-state index in [-0.39, 0.29) is 23.2 Å². The zero-order valence-corrected chi connectivity index (χ0v) is 19.5. The predicted molar refractivity (Wildman–Crippen MR) is 132 cm³/mol. The first kappa shape index (κ1) is 23.4. The number of fused-ring (bicyclic) bond motifs is 2. The summed E-state index contributed by atoms with van der Waals surface area (Å²) >= 11 is 0. The normalized spacial score (nSPS) is 11.2. The number of nitrogens with one attached hydrogen (secondary N) is 2. The van der Waals surface area contributed by atoms with Gasteiger partial charge in [-0.2, -0.15) is 0 Å². The Morgan fingerprint density at radius 1 is 1.09 bits per heavy atom. The van der Waals surface area contributed by atoms with Gasteiger partial charge in [0.05, 0.1) is 10.9 Å². The van der Waals surface area contributed by atoms with Crippen molar-refractivity contribution in [1.82, 2.24) is 24.3 Å². The van der Waals surface area contributed by atoms with E-state index in [1.807, 2.05) is 12.1 Å². The third kappa shape index (κ3) is 5.06. The van der Waals surface area contributed by atoms with Crippen molar-refractivity contribution in [1.29, 1.82) is 5.41 Å². The highest BCUT2D eigenvalue weighted by Gasteiger charge is 2.17. The molecular weight excluding hydrogens is 428 g/mol. The molecule has 8 heteroatoms. The molecule has 4 aromatic heterocycles. The van der Waals surface area contributed by atoms with Crippen LogP contribution in [0.2, 0.25) is 0 Å². The van der Waals surface area contributed by atoms with Gasteiger partial charge in [0.2, 0.25) is 0 Å². The van der Waals surface area contributed by atoms with Crippen LogP contribution in [0, 0.1) is 5.41 Å². The molecule has 0 saturated carbocycles. The maximum atomic E-state index is 13.3. The minimum absolute atomic E-state index is 0.0666. The molecule has 34 heavy (non-hydrogen) atoms. The van der Waals surface area contributed by atoms with E-state index in [9.17, 15) is 9.59 Å². The lowest BCUT2D eigenvalue weighted by Gasteiger charge is -2.15. The van der Waals surface area contributed by atoms with E-state index in [0.29, 0.717) is 23.2 Å². The maximum absolute atomic E-state index is 13.3. The summed E-state index contributed by atoms with van der Waals surface area (Å²) in [5.41, 5.74) is 1.80. The SMILES string of the molecule is CCCCCCCCn1c(=N)c(C(=O)NCc2cccnc2)cc2c(=O)n3ccccc3nc21. The summed E-state index contributed by atoms with van der Waals surface area (Å²) in [6.45, 7) is 3.00. The van der Waals surface area contributed by atoms with Gasteiger partial charge in [-0.15, -0.1) is 0 Å². The molecular formula is C26H30N6O2. The second-order valence-corrected chi connectivity index (χ2v) is 8.45. The fourth-order valence-electron chi connectivity index (χ4n) is 4.11. The first-order valence-corrected chi connectivity index (χ1v) is 11.9.